The number of carbonyl (C=O) groups is 1. The number of nitrogens with one attached hydrogen (secondary N) is 1. The van der Waals surface area contributed by atoms with Crippen molar-refractivity contribution in [1.82, 2.24) is 10.2 Å². The summed E-state index contributed by atoms with van der Waals surface area (Å²) in [5, 5.41) is 3.39. The molecule has 0 aromatic carbocycles. The number of rotatable bonds is 4. The van der Waals surface area contributed by atoms with Crippen molar-refractivity contribution in [2.45, 2.75) is 38.4 Å². The molecule has 1 heterocycles. The highest BCUT2D eigenvalue weighted by Gasteiger charge is 2.57. The van der Waals surface area contributed by atoms with Crippen LogP contribution in [-0.2, 0) is 9.53 Å². The van der Waals surface area contributed by atoms with Crippen LogP contribution in [0.5, 0.6) is 0 Å². The average molecular weight is 212 g/mol. The van der Waals surface area contributed by atoms with E-state index in [4.69, 9.17) is 4.74 Å². The van der Waals surface area contributed by atoms with E-state index in [1.54, 1.807) is 7.11 Å². The number of carbonyl (C=O) groups excluding carboxylic acids is 1. The minimum absolute atomic E-state index is 0.174. The van der Waals surface area contributed by atoms with Crippen LogP contribution < -0.4 is 5.32 Å². The van der Waals surface area contributed by atoms with Crippen molar-refractivity contribution in [3.05, 3.63) is 0 Å². The molecule has 2 atom stereocenters. The minimum atomic E-state index is -0.174. The van der Waals surface area contributed by atoms with Gasteiger partial charge in [0, 0.05) is 13.7 Å². The van der Waals surface area contributed by atoms with Crippen molar-refractivity contribution < 1.29 is 9.53 Å². The first-order chi connectivity index (χ1) is 7.09. The molecule has 2 fully saturated rings. The monoisotopic (exact) mass is 212 g/mol. The molecule has 2 aliphatic rings. The van der Waals surface area contributed by atoms with Gasteiger partial charge in [0.2, 0.25) is 5.91 Å². The first-order valence-corrected chi connectivity index (χ1v) is 5.67. The molecule has 1 amide bonds. The lowest BCUT2D eigenvalue weighted by Gasteiger charge is -2.24. The molecule has 15 heavy (non-hydrogen) atoms. The van der Waals surface area contributed by atoms with Gasteiger partial charge in [-0.3, -0.25) is 10.1 Å². The van der Waals surface area contributed by atoms with Gasteiger partial charge in [-0.2, -0.15) is 0 Å². The molecule has 2 rings (SSSR count). The molecule has 1 saturated heterocycles. The third-order valence-electron chi connectivity index (χ3n) is 3.33. The minimum Gasteiger partial charge on any atom is -0.384 e. The summed E-state index contributed by atoms with van der Waals surface area (Å²) in [5.41, 5.74) is -0.174. The molecule has 2 unspecified atom stereocenters. The maximum absolute atomic E-state index is 12.1. The topological polar surface area (TPSA) is 41.6 Å². The summed E-state index contributed by atoms with van der Waals surface area (Å²) in [6.07, 6.45) is 2.19. The van der Waals surface area contributed by atoms with E-state index in [0.29, 0.717) is 12.5 Å². The van der Waals surface area contributed by atoms with Gasteiger partial charge in [-0.15, -0.1) is 0 Å². The lowest BCUT2D eigenvalue weighted by molar-refractivity contribution is -0.131. The van der Waals surface area contributed by atoms with Gasteiger partial charge in [-0.25, -0.2) is 0 Å². The third kappa shape index (κ3) is 1.88. The van der Waals surface area contributed by atoms with Crippen molar-refractivity contribution >= 4 is 5.91 Å². The summed E-state index contributed by atoms with van der Waals surface area (Å²) < 4.78 is 5.09. The fourth-order valence-corrected chi connectivity index (χ4v) is 2.39. The van der Waals surface area contributed by atoms with Crippen molar-refractivity contribution in [1.29, 1.82) is 0 Å². The first kappa shape index (κ1) is 10.9. The highest BCUT2D eigenvalue weighted by Crippen LogP contribution is 2.42. The largest absolute Gasteiger partial charge is 0.384 e. The summed E-state index contributed by atoms with van der Waals surface area (Å²) in [4.78, 5) is 14.0. The molecule has 0 radical (unpaired) electrons. The van der Waals surface area contributed by atoms with Crippen molar-refractivity contribution in [2.24, 2.45) is 5.92 Å². The molecule has 1 saturated carbocycles. The summed E-state index contributed by atoms with van der Waals surface area (Å²) in [6.45, 7) is 5.68. The van der Waals surface area contributed by atoms with E-state index in [9.17, 15) is 4.79 Å². The van der Waals surface area contributed by atoms with E-state index in [-0.39, 0.29) is 17.6 Å². The predicted octanol–water partition coefficient (Wildman–Crippen LogP) is 0.579. The first-order valence-electron chi connectivity index (χ1n) is 5.67. The highest BCUT2D eigenvalue weighted by molar-refractivity contribution is 5.91. The van der Waals surface area contributed by atoms with Crippen molar-refractivity contribution in [2.75, 3.05) is 20.3 Å². The summed E-state index contributed by atoms with van der Waals surface area (Å²) >= 11 is 0. The molecular formula is C11H20N2O2. The molecule has 1 N–H and O–H groups in total. The standard InChI is InChI=1S/C11H20N2O2/c1-8(7-15-3)6-13-9(2)12-11(4-5-11)10(13)14/h8-9,12H,4-7H2,1-3H3. The Balaban J connectivity index is 1.94. The number of hydrogen-bond acceptors (Lipinski definition) is 3. The van der Waals surface area contributed by atoms with Gasteiger partial charge in [0.15, 0.2) is 0 Å². The number of amides is 1. The number of nitrogens with zero attached hydrogens (tertiary/aromatic N) is 1. The van der Waals surface area contributed by atoms with E-state index in [1.165, 1.54) is 0 Å². The third-order valence-corrected chi connectivity index (χ3v) is 3.33. The fraction of sp³-hybridized carbons (Fsp3) is 0.909. The van der Waals surface area contributed by atoms with Crippen LogP contribution in [0.2, 0.25) is 0 Å². The Hall–Kier alpha value is -0.610. The quantitative estimate of drug-likeness (QED) is 0.741. The predicted molar refractivity (Wildman–Crippen MR) is 57.3 cm³/mol. The number of ether oxygens (including phenoxy) is 1. The van der Waals surface area contributed by atoms with E-state index >= 15 is 0 Å². The van der Waals surface area contributed by atoms with Crippen molar-refractivity contribution in [3.8, 4) is 0 Å². The van der Waals surface area contributed by atoms with E-state index < -0.39 is 0 Å². The Morgan fingerprint density at radius 2 is 2.33 bits per heavy atom. The van der Waals surface area contributed by atoms with Crippen LogP contribution in [0.25, 0.3) is 0 Å². The Labute approximate surface area is 91.0 Å². The Kier molecular flexibility index (Phi) is 2.73. The normalized spacial score (nSPS) is 29.9. The summed E-state index contributed by atoms with van der Waals surface area (Å²) in [5.74, 6) is 0.690. The Morgan fingerprint density at radius 1 is 1.67 bits per heavy atom. The lowest BCUT2D eigenvalue weighted by atomic mass is 10.1. The van der Waals surface area contributed by atoms with Crippen molar-refractivity contribution in [3.63, 3.8) is 0 Å². The van der Waals surface area contributed by atoms with Crippen LogP contribution in [0.1, 0.15) is 26.7 Å². The van der Waals surface area contributed by atoms with Crippen LogP contribution >= 0.6 is 0 Å². The zero-order valence-corrected chi connectivity index (χ0v) is 9.75. The van der Waals surface area contributed by atoms with Gasteiger partial charge >= 0.3 is 0 Å². The van der Waals surface area contributed by atoms with E-state index in [1.807, 2.05) is 4.90 Å². The molecule has 0 bridgehead atoms. The summed E-state index contributed by atoms with van der Waals surface area (Å²) in [7, 11) is 1.70. The lowest BCUT2D eigenvalue weighted by Crippen LogP contribution is -2.38. The van der Waals surface area contributed by atoms with Crippen LogP contribution in [0.4, 0.5) is 0 Å². The van der Waals surface area contributed by atoms with Crippen LogP contribution in [0, 0.1) is 5.92 Å². The van der Waals surface area contributed by atoms with Gasteiger partial charge in [0.05, 0.1) is 18.3 Å². The smallest absolute Gasteiger partial charge is 0.244 e. The van der Waals surface area contributed by atoms with Crippen LogP contribution in [0.3, 0.4) is 0 Å². The fourth-order valence-electron chi connectivity index (χ4n) is 2.39. The van der Waals surface area contributed by atoms with Crippen LogP contribution in [0.15, 0.2) is 0 Å². The van der Waals surface area contributed by atoms with Gasteiger partial charge < -0.3 is 9.64 Å². The zero-order valence-electron chi connectivity index (χ0n) is 9.75. The zero-order chi connectivity index (χ0) is 11.1. The molecule has 4 nitrogen and oxygen atoms in total. The number of methoxy groups -OCH3 is 1. The van der Waals surface area contributed by atoms with Gasteiger partial charge in [0.25, 0.3) is 0 Å². The molecule has 86 valence electrons. The van der Waals surface area contributed by atoms with Gasteiger partial charge in [0.1, 0.15) is 0 Å². The van der Waals surface area contributed by atoms with E-state index in [0.717, 1.165) is 19.4 Å². The van der Waals surface area contributed by atoms with Gasteiger partial charge in [-0.1, -0.05) is 6.92 Å². The Bertz CT molecular complexity index is 263. The molecule has 0 aromatic heterocycles. The van der Waals surface area contributed by atoms with Crippen LogP contribution in [-0.4, -0.2) is 42.8 Å². The maximum Gasteiger partial charge on any atom is 0.244 e. The molecular weight excluding hydrogens is 192 g/mol. The second-order valence-corrected chi connectivity index (χ2v) is 4.92. The highest BCUT2D eigenvalue weighted by atomic mass is 16.5. The summed E-state index contributed by atoms with van der Waals surface area (Å²) in [6, 6.07) is 0. The molecule has 1 spiro atoms. The molecule has 1 aliphatic heterocycles. The van der Waals surface area contributed by atoms with E-state index in [2.05, 4.69) is 19.2 Å². The average Bonchev–Trinajstić information content (AvgIpc) is 2.90. The second kappa shape index (κ2) is 3.76. The SMILES string of the molecule is COCC(C)CN1C(=O)C2(CC2)NC1C. The molecule has 4 heteroatoms. The van der Waals surface area contributed by atoms with Gasteiger partial charge in [-0.05, 0) is 25.7 Å². The second-order valence-electron chi connectivity index (χ2n) is 4.92. The maximum atomic E-state index is 12.1. The molecule has 1 aliphatic carbocycles. The number of hydrogen-bond donors (Lipinski definition) is 1. The molecule has 0 aromatic rings. The Morgan fingerprint density at radius 3 is 2.80 bits per heavy atom.